The Morgan fingerprint density at radius 2 is 0.939 bits per heavy atom. The summed E-state index contributed by atoms with van der Waals surface area (Å²) in [7, 11) is 0. The Labute approximate surface area is 287 Å². The second kappa shape index (κ2) is 9.92. The Morgan fingerprint density at radius 1 is 0.429 bits per heavy atom. The van der Waals surface area contributed by atoms with Crippen LogP contribution in [0.4, 0.5) is 0 Å². The van der Waals surface area contributed by atoms with Gasteiger partial charge in [0.15, 0.2) is 0 Å². The van der Waals surface area contributed by atoms with Crippen molar-refractivity contribution in [2.24, 2.45) is 0 Å². The maximum absolute atomic E-state index is 4.75. The fourth-order valence-electron chi connectivity index (χ4n) is 8.01. The molecule has 0 radical (unpaired) electrons. The SMILES string of the molecule is Brc1c(-n2c3ccc4cnccc4c3c3ccc4ncccc4c32)cccc1-n1c2ccc3cnccc3c2c2ccc3ncccc3c21. The van der Waals surface area contributed by atoms with Crippen molar-refractivity contribution in [2.45, 2.75) is 0 Å². The van der Waals surface area contributed by atoms with Crippen molar-refractivity contribution >= 4 is 103 Å². The summed E-state index contributed by atoms with van der Waals surface area (Å²) in [5.74, 6) is 0. The molecular formula is C42H23BrN6. The highest BCUT2D eigenvalue weighted by Crippen LogP contribution is 2.45. The molecule has 0 amide bonds. The molecule has 0 saturated heterocycles. The third-order valence-corrected chi connectivity index (χ3v) is 10.8. The number of hydrogen-bond acceptors (Lipinski definition) is 4. The fourth-order valence-corrected chi connectivity index (χ4v) is 8.63. The lowest BCUT2D eigenvalue weighted by molar-refractivity contribution is 1.12. The number of fused-ring (bicyclic) bond motifs is 14. The molecule has 0 saturated carbocycles. The largest absolute Gasteiger partial charge is 0.307 e. The molecule has 0 unspecified atom stereocenters. The zero-order valence-corrected chi connectivity index (χ0v) is 27.4. The first kappa shape index (κ1) is 26.8. The van der Waals surface area contributed by atoms with Gasteiger partial charge in [0, 0.05) is 80.3 Å². The van der Waals surface area contributed by atoms with Crippen LogP contribution in [-0.2, 0) is 0 Å². The van der Waals surface area contributed by atoms with E-state index in [0.29, 0.717) is 0 Å². The first-order valence-electron chi connectivity index (χ1n) is 16.1. The van der Waals surface area contributed by atoms with Crippen molar-refractivity contribution in [3.05, 3.63) is 145 Å². The molecule has 5 aromatic carbocycles. The Bertz CT molecular complexity index is 2980. The lowest BCUT2D eigenvalue weighted by atomic mass is 10.0. The molecule has 0 atom stereocenters. The van der Waals surface area contributed by atoms with Crippen molar-refractivity contribution in [1.29, 1.82) is 0 Å². The minimum Gasteiger partial charge on any atom is -0.307 e. The number of rotatable bonds is 2. The van der Waals surface area contributed by atoms with Crippen LogP contribution in [0.5, 0.6) is 0 Å². The Hall–Kier alpha value is -6.18. The second-order valence-electron chi connectivity index (χ2n) is 12.5. The van der Waals surface area contributed by atoms with Crippen LogP contribution < -0.4 is 0 Å². The van der Waals surface area contributed by atoms with E-state index in [-0.39, 0.29) is 0 Å². The summed E-state index contributed by atoms with van der Waals surface area (Å²) in [6.45, 7) is 0. The van der Waals surface area contributed by atoms with Crippen LogP contribution in [0, 0.1) is 0 Å². The van der Waals surface area contributed by atoms with Gasteiger partial charge in [-0.05, 0) is 112 Å². The average molecular weight is 692 g/mol. The molecule has 0 aliphatic carbocycles. The second-order valence-corrected chi connectivity index (χ2v) is 13.3. The first-order chi connectivity index (χ1) is 24.3. The molecule has 11 rings (SSSR count). The Morgan fingerprint density at radius 3 is 1.45 bits per heavy atom. The molecule has 6 aromatic heterocycles. The van der Waals surface area contributed by atoms with Crippen LogP contribution in [0.25, 0.3) is 98.3 Å². The highest BCUT2D eigenvalue weighted by Gasteiger charge is 2.23. The van der Waals surface area contributed by atoms with Crippen LogP contribution in [0.1, 0.15) is 0 Å². The molecule has 228 valence electrons. The lowest BCUT2D eigenvalue weighted by Crippen LogP contribution is -2.02. The summed E-state index contributed by atoms with van der Waals surface area (Å²) in [5, 5.41) is 11.5. The molecule has 6 heterocycles. The zero-order valence-electron chi connectivity index (χ0n) is 25.8. The van der Waals surface area contributed by atoms with Gasteiger partial charge in [-0.15, -0.1) is 0 Å². The van der Waals surface area contributed by atoms with Gasteiger partial charge in [-0.2, -0.15) is 0 Å². The van der Waals surface area contributed by atoms with E-state index in [0.717, 1.165) is 70.5 Å². The van der Waals surface area contributed by atoms with E-state index in [1.165, 1.54) is 32.3 Å². The number of benzene rings is 5. The van der Waals surface area contributed by atoms with Crippen LogP contribution in [-0.4, -0.2) is 29.1 Å². The lowest BCUT2D eigenvalue weighted by Gasteiger charge is -2.17. The van der Waals surface area contributed by atoms with Crippen LogP contribution in [0.15, 0.2) is 145 Å². The summed E-state index contributed by atoms with van der Waals surface area (Å²) >= 11 is 4.20. The predicted octanol–water partition coefficient (Wildman–Crippen LogP) is 10.8. The molecule has 0 aliphatic heterocycles. The van der Waals surface area contributed by atoms with Crippen LogP contribution in [0.2, 0.25) is 0 Å². The number of hydrogen-bond donors (Lipinski definition) is 0. The zero-order chi connectivity index (χ0) is 32.2. The molecule has 0 N–H and O–H groups in total. The smallest absolute Gasteiger partial charge is 0.0723 e. The predicted molar refractivity (Wildman–Crippen MR) is 204 cm³/mol. The number of nitrogens with zero attached hydrogens (tertiary/aromatic N) is 6. The topological polar surface area (TPSA) is 61.4 Å². The third kappa shape index (κ3) is 3.59. The summed E-state index contributed by atoms with van der Waals surface area (Å²) in [5.41, 5.74) is 8.49. The van der Waals surface area contributed by atoms with Gasteiger partial charge in [-0.3, -0.25) is 19.9 Å². The van der Waals surface area contributed by atoms with Gasteiger partial charge in [0.05, 0.1) is 48.9 Å². The van der Waals surface area contributed by atoms with E-state index in [9.17, 15) is 0 Å². The molecule has 7 heteroatoms. The van der Waals surface area contributed by atoms with Crippen LogP contribution >= 0.6 is 15.9 Å². The summed E-state index contributed by atoms with van der Waals surface area (Å²) in [6.07, 6.45) is 11.4. The highest BCUT2D eigenvalue weighted by molar-refractivity contribution is 9.10. The van der Waals surface area contributed by atoms with Gasteiger partial charge in [0.1, 0.15) is 0 Å². The molecule has 0 fully saturated rings. The van der Waals surface area contributed by atoms with E-state index in [1.54, 1.807) is 0 Å². The summed E-state index contributed by atoms with van der Waals surface area (Å²) in [6, 6.07) is 36.7. The van der Waals surface area contributed by atoms with Crippen molar-refractivity contribution in [3.63, 3.8) is 0 Å². The summed E-state index contributed by atoms with van der Waals surface area (Å²) in [4.78, 5) is 18.4. The van der Waals surface area contributed by atoms with Gasteiger partial charge in [0.2, 0.25) is 0 Å². The van der Waals surface area contributed by atoms with Gasteiger partial charge < -0.3 is 9.13 Å². The average Bonchev–Trinajstić information content (AvgIpc) is 3.69. The van der Waals surface area contributed by atoms with Crippen LogP contribution in [0.3, 0.4) is 0 Å². The molecule has 6 nitrogen and oxygen atoms in total. The normalized spacial score (nSPS) is 12.2. The molecule has 0 bridgehead atoms. The number of pyridine rings is 4. The monoisotopic (exact) mass is 690 g/mol. The standard InChI is InChI=1S/C42H23BrN6/c43-40-36(48-34-14-8-24-22-44-20-16-26(24)38(34)30-10-12-32-28(41(30)48)4-2-18-46-32)6-1-7-37(40)49-35-15-9-25-23-45-21-17-27(25)39(35)31-11-13-33-29(42(31)49)5-3-19-47-33/h1-23H. The van der Waals surface area contributed by atoms with E-state index < -0.39 is 0 Å². The molecule has 49 heavy (non-hydrogen) atoms. The van der Waals surface area contributed by atoms with Crippen molar-refractivity contribution in [3.8, 4) is 11.4 Å². The van der Waals surface area contributed by atoms with Gasteiger partial charge in [0.25, 0.3) is 0 Å². The Kier molecular flexibility index (Phi) is 5.43. The number of halogens is 1. The van der Waals surface area contributed by atoms with Crippen molar-refractivity contribution < 1.29 is 0 Å². The van der Waals surface area contributed by atoms with Crippen molar-refractivity contribution in [1.82, 2.24) is 29.1 Å². The highest BCUT2D eigenvalue weighted by atomic mass is 79.9. The van der Waals surface area contributed by atoms with Crippen molar-refractivity contribution in [2.75, 3.05) is 0 Å². The molecule has 0 aliphatic rings. The molecular weight excluding hydrogens is 668 g/mol. The minimum absolute atomic E-state index is 0.958. The molecule has 11 aromatic rings. The van der Waals surface area contributed by atoms with E-state index in [1.807, 2.05) is 49.3 Å². The number of aromatic nitrogens is 6. The van der Waals surface area contributed by atoms with E-state index in [2.05, 4.69) is 126 Å². The quantitative estimate of drug-likeness (QED) is 0.181. The van der Waals surface area contributed by atoms with Gasteiger partial charge in [-0.1, -0.05) is 18.2 Å². The summed E-state index contributed by atoms with van der Waals surface area (Å²) < 4.78 is 5.78. The Balaban J connectivity index is 1.32. The molecule has 0 spiro atoms. The maximum Gasteiger partial charge on any atom is 0.0723 e. The van der Waals surface area contributed by atoms with Gasteiger partial charge in [-0.25, -0.2) is 0 Å². The van der Waals surface area contributed by atoms with E-state index >= 15 is 0 Å². The maximum atomic E-state index is 4.75. The third-order valence-electron chi connectivity index (χ3n) is 10.0. The minimum atomic E-state index is 0.958. The van der Waals surface area contributed by atoms with E-state index in [4.69, 9.17) is 9.97 Å². The first-order valence-corrected chi connectivity index (χ1v) is 16.9. The van der Waals surface area contributed by atoms with Gasteiger partial charge >= 0.3 is 0 Å². The fraction of sp³-hybridized carbons (Fsp3) is 0.